The molecule has 102 valence electrons. The smallest absolute Gasteiger partial charge is 0.303 e. The summed E-state index contributed by atoms with van der Waals surface area (Å²) >= 11 is 0. The first-order valence-corrected chi connectivity index (χ1v) is 6.54. The third-order valence-corrected chi connectivity index (χ3v) is 3.39. The zero-order valence-corrected chi connectivity index (χ0v) is 10.8. The molecule has 1 saturated heterocycles. The average Bonchev–Trinajstić information content (AvgIpc) is 2.39. The molecule has 0 spiro atoms. The summed E-state index contributed by atoms with van der Waals surface area (Å²) in [4.78, 5) is 28.8. The molecule has 0 saturated carbocycles. The number of carboxylic acids is 1. The van der Waals surface area contributed by atoms with Crippen molar-refractivity contribution < 1.29 is 14.7 Å². The third kappa shape index (κ3) is 4.05. The Labute approximate surface area is 112 Å². The van der Waals surface area contributed by atoms with Crippen molar-refractivity contribution in [3.63, 3.8) is 0 Å². The maximum absolute atomic E-state index is 12.1. The summed E-state index contributed by atoms with van der Waals surface area (Å²) < 4.78 is 0. The lowest BCUT2D eigenvalue weighted by Crippen LogP contribution is -2.41. The van der Waals surface area contributed by atoms with E-state index in [2.05, 4.69) is 4.98 Å². The molecule has 1 aliphatic heterocycles. The highest BCUT2D eigenvalue weighted by atomic mass is 16.4. The van der Waals surface area contributed by atoms with Gasteiger partial charge in [-0.05, 0) is 30.9 Å². The lowest BCUT2D eigenvalue weighted by molar-refractivity contribution is -0.140. The highest BCUT2D eigenvalue weighted by Gasteiger charge is 2.25. The van der Waals surface area contributed by atoms with Crippen LogP contribution in [0.1, 0.15) is 25.0 Å². The molecule has 5 heteroatoms. The number of piperidine rings is 1. The highest BCUT2D eigenvalue weighted by molar-refractivity contribution is 5.78. The molecule has 2 rings (SSSR count). The van der Waals surface area contributed by atoms with Crippen molar-refractivity contribution in [2.45, 2.75) is 25.7 Å². The first kappa shape index (κ1) is 13.5. The zero-order chi connectivity index (χ0) is 13.7. The van der Waals surface area contributed by atoms with Crippen molar-refractivity contribution in [3.8, 4) is 0 Å². The minimum Gasteiger partial charge on any atom is -0.481 e. The SMILES string of the molecule is O=C(O)CC1CCCN(C(=O)Cc2ccccn2)C1. The summed E-state index contributed by atoms with van der Waals surface area (Å²) in [7, 11) is 0. The summed E-state index contributed by atoms with van der Waals surface area (Å²) in [6.45, 7) is 1.28. The van der Waals surface area contributed by atoms with Crippen LogP contribution in [0, 0.1) is 5.92 Å². The van der Waals surface area contributed by atoms with Crippen molar-refractivity contribution in [1.82, 2.24) is 9.88 Å². The lowest BCUT2D eigenvalue weighted by atomic mass is 9.94. The topological polar surface area (TPSA) is 70.5 Å². The van der Waals surface area contributed by atoms with Crippen LogP contribution < -0.4 is 0 Å². The number of rotatable bonds is 4. The number of aromatic nitrogens is 1. The van der Waals surface area contributed by atoms with E-state index < -0.39 is 5.97 Å². The summed E-state index contributed by atoms with van der Waals surface area (Å²) in [5, 5.41) is 8.81. The van der Waals surface area contributed by atoms with E-state index in [-0.39, 0.29) is 18.2 Å². The molecule has 2 heterocycles. The number of hydrogen-bond donors (Lipinski definition) is 1. The second-order valence-electron chi connectivity index (χ2n) is 4.94. The molecule has 1 aliphatic rings. The van der Waals surface area contributed by atoms with Gasteiger partial charge in [0.1, 0.15) is 0 Å². The van der Waals surface area contributed by atoms with Crippen LogP contribution >= 0.6 is 0 Å². The third-order valence-electron chi connectivity index (χ3n) is 3.39. The molecular formula is C14H18N2O3. The average molecular weight is 262 g/mol. The molecule has 1 N–H and O–H groups in total. The molecule has 1 fully saturated rings. The van der Waals surface area contributed by atoms with Crippen LogP contribution in [-0.2, 0) is 16.0 Å². The van der Waals surface area contributed by atoms with E-state index >= 15 is 0 Å². The quantitative estimate of drug-likeness (QED) is 0.888. The predicted molar refractivity (Wildman–Crippen MR) is 69.5 cm³/mol. The van der Waals surface area contributed by atoms with Gasteiger partial charge in [-0.2, -0.15) is 0 Å². The van der Waals surface area contributed by atoms with Crippen molar-refractivity contribution in [3.05, 3.63) is 30.1 Å². The van der Waals surface area contributed by atoms with Gasteiger partial charge in [0, 0.05) is 31.4 Å². The Bertz CT molecular complexity index is 447. The predicted octanol–water partition coefficient (Wildman–Crippen LogP) is 1.34. The lowest BCUT2D eigenvalue weighted by Gasteiger charge is -2.32. The van der Waals surface area contributed by atoms with E-state index in [1.54, 1.807) is 11.1 Å². The van der Waals surface area contributed by atoms with Gasteiger partial charge in [-0.25, -0.2) is 0 Å². The highest BCUT2D eigenvalue weighted by Crippen LogP contribution is 2.20. The molecule has 19 heavy (non-hydrogen) atoms. The van der Waals surface area contributed by atoms with Crippen LogP contribution in [0.2, 0.25) is 0 Å². The number of hydrogen-bond acceptors (Lipinski definition) is 3. The van der Waals surface area contributed by atoms with Crippen LogP contribution in [0.3, 0.4) is 0 Å². The Morgan fingerprint density at radius 1 is 1.42 bits per heavy atom. The second kappa shape index (κ2) is 6.31. The Balaban J connectivity index is 1.90. The van der Waals surface area contributed by atoms with Gasteiger partial charge < -0.3 is 10.0 Å². The van der Waals surface area contributed by atoms with Crippen molar-refractivity contribution >= 4 is 11.9 Å². The molecule has 5 nitrogen and oxygen atoms in total. The van der Waals surface area contributed by atoms with Crippen LogP contribution in [0.5, 0.6) is 0 Å². The normalized spacial score (nSPS) is 19.2. The fraction of sp³-hybridized carbons (Fsp3) is 0.500. The number of aliphatic carboxylic acids is 1. The number of pyridine rings is 1. The van der Waals surface area contributed by atoms with Crippen molar-refractivity contribution in [2.75, 3.05) is 13.1 Å². The maximum atomic E-state index is 12.1. The minimum absolute atomic E-state index is 0.0359. The van der Waals surface area contributed by atoms with Gasteiger partial charge in [0.05, 0.1) is 6.42 Å². The molecule has 0 aliphatic carbocycles. The van der Waals surface area contributed by atoms with Crippen LogP contribution in [0.4, 0.5) is 0 Å². The van der Waals surface area contributed by atoms with Crippen LogP contribution in [0.15, 0.2) is 24.4 Å². The minimum atomic E-state index is -0.788. The van der Waals surface area contributed by atoms with Gasteiger partial charge in [0.25, 0.3) is 0 Å². The van der Waals surface area contributed by atoms with Gasteiger partial charge in [0.15, 0.2) is 0 Å². The molecule has 1 unspecified atom stereocenters. The van der Waals surface area contributed by atoms with Crippen molar-refractivity contribution in [1.29, 1.82) is 0 Å². The molecular weight excluding hydrogens is 244 g/mol. The largest absolute Gasteiger partial charge is 0.481 e. The van der Waals surface area contributed by atoms with Crippen molar-refractivity contribution in [2.24, 2.45) is 5.92 Å². The number of likely N-dealkylation sites (tertiary alicyclic amines) is 1. The fourth-order valence-electron chi connectivity index (χ4n) is 2.47. The van der Waals surface area contributed by atoms with E-state index in [1.165, 1.54) is 0 Å². The maximum Gasteiger partial charge on any atom is 0.303 e. The number of carbonyl (C=O) groups excluding carboxylic acids is 1. The standard InChI is InChI=1S/C14H18N2O3/c17-13(9-12-5-1-2-6-15-12)16-7-3-4-11(10-16)8-14(18)19/h1-2,5-6,11H,3-4,7-10H2,(H,18,19). The summed E-state index contributed by atoms with van der Waals surface area (Å²) in [5.41, 5.74) is 0.757. The molecule has 0 radical (unpaired) electrons. The number of carboxylic acid groups (broad SMARTS) is 1. The number of amides is 1. The molecule has 0 bridgehead atoms. The Morgan fingerprint density at radius 3 is 2.95 bits per heavy atom. The summed E-state index contributed by atoms with van der Waals surface area (Å²) in [6, 6.07) is 5.51. The zero-order valence-electron chi connectivity index (χ0n) is 10.8. The van der Waals surface area contributed by atoms with Crippen LogP contribution in [0.25, 0.3) is 0 Å². The molecule has 1 atom stereocenters. The summed E-state index contributed by atoms with van der Waals surface area (Å²) in [5.74, 6) is -0.670. The number of carbonyl (C=O) groups is 2. The second-order valence-corrected chi connectivity index (χ2v) is 4.94. The monoisotopic (exact) mass is 262 g/mol. The van der Waals surface area contributed by atoms with Crippen LogP contribution in [-0.4, -0.2) is 40.0 Å². The van der Waals surface area contributed by atoms with Gasteiger partial charge >= 0.3 is 5.97 Å². The Kier molecular flexibility index (Phi) is 4.49. The number of nitrogens with zero attached hydrogens (tertiary/aromatic N) is 2. The van der Waals surface area contributed by atoms with Gasteiger partial charge in [0.2, 0.25) is 5.91 Å². The van der Waals surface area contributed by atoms with E-state index in [4.69, 9.17) is 5.11 Å². The fourth-order valence-corrected chi connectivity index (χ4v) is 2.47. The van der Waals surface area contributed by atoms with E-state index in [0.29, 0.717) is 13.0 Å². The first-order valence-electron chi connectivity index (χ1n) is 6.54. The van der Waals surface area contributed by atoms with E-state index in [1.807, 2.05) is 18.2 Å². The molecule has 1 aromatic rings. The Morgan fingerprint density at radius 2 is 2.26 bits per heavy atom. The van der Waals surface area contributed by atoms with E-state index in [0.717, 1.165) is 25.1 Å². The first-order chi connectivity index (χ1) is 9.15. The summed E-state index contributed by atoms with van der Waals surface area (Å²) in [6.07, 6.45) is 3.88. The molecule has 0 aromatic carbocycles. The van der Waals surface area contributed by atoms with E-state index in [9.17, 15) is 9.59 Å². The molecule has 1 amide bonds. The van der Waals surface area contributed by atoms with Gasteiger partial charge in [-0.1, -0.05) is 6.07 Å². The van der Waals surface area contributed by atoms with Gasteiger partial charge in [-0.15, -0.1) is 0 Å². The Hall–Kier alpha value is -1.91. The van der Waals surface area contributed by atoms with Gasteiger partial charge in [-0.3, -0.25) is 14.6 Å². The molecule has 1 aromatic heterocycles.